The number of anilines is 1. The molecule has 202 valence electrons. The van der Waals surface area contributed by atoms with Gasteiger partial charge in [-0.1, -0.05) is 66.7 Å². The number of amides is 3. The zero-order valence-corrected chi connectivity index (χ0v) is 22.4. The lowest BCUT2D eigenvalue weighted by molar-refractivity contribution is -0.122. The number of ether oxygens (including phenoxy) is 1. The fourth-order valence-corrected chi connectivity index (χ4v) is 7.01. The number of hydrogen-bond donors (Lipinski definition) is 1. The largest absolute Gasteiger partial charge is 0.494 e. The molecule has 4 aliphatic rings. The molecular weight excluding hydrogens is 514 g/mol. The van der Waals surface area contributed by atoms with Crippen LogP contribution in [0.15, 0.2) is 108 Å². The molecule has 1 heterocycles. The highest BCUT2D eigenvalue weighted by Gasteiger charge is 2.68. The van der Waals surface area contributed by atoms with Gasteiger partial charge in [-0.15, -0.1) is 0 Å². The molecule has 0 saturated carbocycles. The molecule has 2 bridgehead atoms. The summed E-state index contributed by atoms with van der Waals surface area (Å²) in [5, 5.41) is 4.46. The summed E-state index contributed by atoms with van der Waals surface area (Å²) in [5.41, 5.74) is 6.45. The quantitative estimate of drug-likeness (QED) is 0.210. The average molecular weight is 542 g/mol. The second kappa shape index (κ2) is 9.55. The lowest BCUT2D eigenvalue weighted by atomic mass is 9.47. The predicted molar refractivity (Wildman–Crippen MR) is 155 cm³/mol. The Balaban J connectivity index is 1.38. The summed E-state index contributed by atoms with van der Waals surface area (Å²) in [5.74, 6) is -1.81. The minimum Gasteiger partial charge on any atom is -0.494 e. The summed E-state index contributed by atoms with van der Waals surface area (Å²) in [4.78, 5) is 42.9. The van der Waals surface area contributed by atoms with Crippen LogP contribution >= 0.6 is 0 Å². The van der Waals surface area contributed by atoms with Crippen molar-refractivity contribution in [2.75, 3.05) is 11.5 Å². The van der Waals surface area contributed by atoms with E-state index in [1.165, 1.54) is 4.90 Å². The number of hydrogen-bond acceptors (Lipinski definition) is 5. The predicted octanol–water partition coefficient (Wildman–Crippen LogP) is 5.05. The van der Waals surface area contributed by atoms with E-state index in [9.17, 15) is 14.4 Å². The first kappa shape index (κ1) is 25.0. The van der Waals surface area contributed by atoms with E-state index < -0.39 is 17.3 Å². The van der Waals surface area contributed by atoms with Gasteiger partial charge in [-0.25, -0.2) is 10.3 Å². The molecular formula is C34H27N3O4. The van der Waals surface area contributed by atoms with Crippen LogP contribution in [-0.4, -0.2) is 30.5 Å². The third kappa shape index (κ3) is 3.58. The molecule has 4 aromatic carbocycles. The highest BCUT2D eigenvalue weighted by atomic mass is 16.5. The minimum atomic E-state index is -1.05. The number of imide groups is 1. The zero-order chi connectivity index (χ0) is 28.1. The van der Waals surface area contributed by atoms with Gasteiger partial charge in [-0.3, -0.25) is 14.4 Å². The van der Waals surface area contributed by atoms with Gasteiger partial charge in [0.1, 0.15) is 5.75 Å². The minimum absolute atomic E-state index is 0.232. The van der Waals surface area contributed by atoms with Gasteiger partial charge in [0, 0.05) is 17.7 Å². The van der Waals surface area contributed by atoms with Gasteiger partial charge < -0.3 is 4.74 Å². The van der Waals surface area contributed by atoms with Crippen molar-refractivity contribution in [1.29, 1.82) is 0 Å². The molecule has 0 radical (unpaired) electrons. The summed E-state index contributed by atoms with van der Waals surface area (Å²) in [6.45, 7) is 2.42. The number of carbonyl (C=O) groups is 3. The Kier molecular flexibility index (Phi) is 5.82. The molecule has 3 aliphatic carbocycles. The maximum Gasteiger partial charge on any atom is 0.271 e. The molecule has 41 heavy (non-hydrogen) atoms. The Morgan fingerprint density at radius 2 is 1.46 bits per heavy atom. The van der Waals surface area contributed by atoms with Gasteiger partial charge in [0.15, 0.2) is 0 Å². The lowest BCUT2D eigenvalue weighted by Gasteiger charge is -2.52. The molecule has 7 heteroatoms. The van der Waals surface area contributed by atoms with Crippen molar-refractivity contribution in [3.63, 3.8) is 0 Å². The van der Waals surface area contributed by atoms with Crippen LogP contribution in [0.2, 0.25) is 0 Å². The fourth-order valence-electron chi connectivity index (χ4n) is 7.01. The van der Waals surface area contributed by atoms with Crippen molar-refractivity contribution < 1.29 is 19.1 Å². The number of nitrogens with one attached hydrogen (secondary N) is 1. The Labute approximate surface area is 237 Å². The third-order valence-electron chi connectivity index (χ3n) is 8.56. The van der Waals surface area contributed by atoms with Crippen LogP contribution < -0.4 is 15.1 Å². The van der Waals surface area contributed by atoms with Crippen LogP contribution in [0.3, 0.4) is 0 Å². The smallest absolute Gasteiger partial charge is 0.271 e. The van der Waals surface area contributed by atoms with Crippen LogP contribution in [-0.2, 0) is 15.0 Å². The standard InChI is InChI=1S/C34H27N3O4/c1-2-41-23-18-16-22(17-19-23)37-32(39)29-28-24-12-6-8-14-26(24)34(30(29)33(37)40,27-15-9-7-13-25(27)28)20-35-36-31(38)21-10-4-3-5-11-21/h3-20,28-30H,2H2,1H3,(H,36,38)/b35-20-/t28?,29-,30-,34?/m0/s1. The maximum atomic E-state index is 14.4. The van der Waals surface area contributed by atoms with Gasteiger partial charge in [0.05, 0.1) is 29.5 Å². The Morgan fingerprint density at radius 3 is 2.10 bits per heavy atom. The SMILES string of the molecule is CCOc1ccc(N2C(=O)[C@@H]3[C@@H](C2=O)C2c4ccccc4C3(/C=N\NC(=O)c3ccccc3)c3ccccc32)cc1. The summed E-state index contributed by atoms with van der Waals surface area (Å²) < 4.78 is 5.57. The van der Waals surface area contributed by atoms with E-state index in [4.69, 9.17) is 4.74 Å². The molecule has 1 aliphatic heterocycles. The number of nitrogens with zero attached hydrogens (tertiary/aromatic N) is 2. The molecule has 2 atom stereocenters. The van der Waals surface area contributed by atoms with Gasteiger partial charge in [-0.05, 0) is 65.6 Å². The highest BCUT2D eigenvalue weighted by molar-refractivity contribution is 6.25. The maximum absolute atomic E-state index is 14.4. The molecule has 1 fully saturated rings. The van der Waals surface area contributed by atoms with E-state index >= 15 is 0 Å². The van der Waals surface area contributed by atoms with Crippen LogP contribution in [0.5, 0.6) is 5.75 Å². The van der Waals surface area contributed by atoms with Gasteiger partial charge in [0.2, 0.25) is 11.8 Å². The topological polar surface area (TPSA) is 88.1 Å². The summed E-state index contributed by atoms with van der Waals surface area (Å²) in [6.07, 6.45) is 1.67. The first-order chi connectivity index (χ1) is 20.1. The second-order valence-electron chi connectivity index (χ2n) is 10.5. The van der Waals surface area contributed by atoms with E-state index in [1.54, 1.807) is 54.7 Å². The van der Waals surface area contributed by atoms with Crippen molar-refractivity contribution in [3.05, 3.63) is 131 Å². The Hall–Kier alpha value is -5.04. The molecule has 0 aromatic heterocycles. The lowest BCUT2D eigenvalue weighted by Crippen LogP contribution is -2.54. The molecule has 3 amide bonds. The van der Waals surface area contributed by atoms with Gasteiger partial charge in [-0.2, -0.15) is 5.10 Å². The van der Waals surface area contributed by atoms with Crippen LogP contribution in [0.1, 0.15) is 45.5 Å². The zero-order valence-electron chi connectivity index (χ0n) is 22.4. The molecule has 4 aromatic rings. The number of hydrazone groups is 1. The van der Waals surface area contributed by atoms with Crippen molar-refractivity contribution in [2.24, 2.45) is 16.9 Å². The summed E-state index contributed by atoms with van der Waals surface area (Å²) >= 11 is 0. The third-order valence-corrected chi connectivity index (χ3v) is 8.56. The highest BCUT2D eigenvalue weighted by Crippen LogP contribution is 2.63. The first-order valence-corrected chi connectivity index (χ1v) is 13.8. The van der Waals surface area contributed by atoms with E-state index in [2.05, 4.69) is 10.5 Å². The molecule has 1 saturated heterocycles. The van der Waals surface area contributed by atoms with Crippen LogP contribution in [0, 0.1) is 11.8 Å². The first-order valence-electron chi connectivity index (χ1n) is 13.8. The fraction of sp³-hybridized carbons (Fsp3) is 0.176. The average Bonchev–Trinajstić information content (AvgIpc) is 3.29. The van der Waals surface area contributed by atoms with E-state index in [1.807, 2.05) is 61.5 Å². The normalized spacial score (nSPS) is 23.7. The number of benzene rings is 4. The summed E-state index contributed by atoms with van der Waals surface area (Å²) in [6, 6.07) is 31.8. The van der Waals surface area contributed by atoms with Crippen molar-refractivity contribution in [3.8, 4) is 5.75 Å². The molecule has 8 rings (SSSR count). The van der Waals surface area contributed by atoms with E-state index in [0.717, 1.165) is 22.3 Å². The Bertz CT molecular complexity index is 1670. The number of rotatable bonds is 6. The monoisotopic (exact) mass is 541 g/mol. The van der Waals surface area contributed by atoms with Gasteiger partial charge >= 0.3 is 0 Å². The summed E-state index contributed by atoms with van der Waals surface area (Å²) in [7, 11) is 0. The molecule has 7 nitrogen and oxygen atoms in total. The number of carbonyl (C=O) groups excluding carboxylic acids is 3. The van der Waals surface area contributed by atoms with E-state index in [-0.39, 0.29) is 23.6 Å². The van der Waals surface area contributed by atoms with Crippen molar-refractivity contribution in [1.82, 2.24) is 5.43 Å². The van der Waals surface area contributed by atoms with Gasteiger partial charge in [0.25, 0.3) is 5.91 Å². The molecule has 0 unspecified atom stereocenters. The molecule has 0 spiro atoms. The van der Waals surface area contributed by atoms with Crippen LogP contribution in [0.25, 0.3) is 0 Å². The van der Waals surface area contributed by atoms with Crippen molar-refractivity contribution in [2.45, 2.75) is 18.3 Å². The van der Waals surface area contributed by atoms with Crippen molar-refractivity contribution >= 4 is 29.6 Å². The Morgan fingerprint density at radius 1 is 0.854 bits per heavy atom. The van der Waals surface area contributed by atoms with Crippen LogP contribution in [0.4, 0.5) is 5.69 Å². The molecule has 1 N–H and O–H groups in total. The van der Waals surface area contributed by atoms with E-state index in [0.29, 0.717) is 23.6 Å². The second-order valence-corrected chi connectivity index (χ2v) is 10.5.